The SMILES string of the molecule is CCc1nc(-c2ccc(OC(C)F)cc2)c(CC(C)C)s1. The number of aryl methyl sites for hydroxylation is 1. The minimum Gasteiger partial charge on any atom is -0.461 e. The van der Waals surface area contributed by atoms with E-state index in [1.807, 2.05) is 12.1 Å². The van der Waals surface area contributed by atoms with E-state index in [0.29, 0.717) is 11.7 Å². The number of hydrogen-bond donors (Lipinski definition) is 0. The Morgan fingerprint density at radius 1 is 1.19 bits per heavy atom. The van der Waals surface area contributed by atoms with Gasteiger partial charge in [0.25, 0.3) is 0 Å². The number of ether oxygens (including phenoxy) is 1. The number of hydrogen-bond acceptors (Lipinski definition) is 3. The molecule has 1 heterocycles. The minimum absolute atomic E-state index is 0.546. The molecule has 0 saturated heterocycles. The van der Waals surface area contributed by atoms with Crippen LogP contribution in [0.3, 0.4) is 0 Å². The summed E-state index contributed by atoms with van der Waals surface area (Å²) in [5, 5.41) is 1.17. The molecule has 0 aliphatic heterocycles. The second-order valence-corrected chi connectivity index (χ2v) is 6.68. The molecule has 1 aromatic heterocycles. The van der Waals surface area contributed by atoms with E-state index in [4.69, 9.17) is 9.72 Å². The van der Waals surface area contributed by atoms with Gasteiger partial charge >= 0.3 is 0 Å². The summed E-state index contributed by atoms with van der Waals surface area (Å²) in [7, 11) is 0. The second kappa shape index (κ2) is 7.03. The highest BCUT2D eigenvalue weighted by atomic mass is 32.1. The molecule has 2 aromatic rings. The van der Waals surface area contributed by atoms with Crippen LogP contribution >= 0.6 is 11.3 Å². The number of alkyl halides is 1. The van der Waals surface area contributed by atoms with Gasteiger partial charge in [0, 0.05) is 17.4 Å². The Kier molecular flexibility index (Phi) is 5.34. The molecular formula is C17H22FNOS. The van der Waals surface area contributed by atoms with Crippen LogP contribution in [0.15, 0.2) is 24.3 Å². The Balaban J connectivity index is 2.29. The lowest BCUT2D eigenvalue weighted by Crippen LogP contribution is -2.03. The highest BCUT2D eigenvalue weighted by Crippen LogP contribution is 2.31. The maximum Gasteiger partial charge on any atom is 0.235 e. The van der Waals surface area contributed by atoms with Crippen LogP contribution in [0.1, 0.15) is 37.6 Å². The summed E-state index contributed by atoms with van der Waals surface area (Å²) in [6.45, 7) is 7.94. The highest BCUT2D eigenvalue weighted by molar-refractivity contribution is 7.12. The summed E-state index contributed by atoms with van der Waals surface area (Å²) in [6.07, 6.45) is 0.696. The van der Waals surface area contributed by atoms with E-state index in [0.717, 1.165) is 24.1 Å². The molecule has 1 unspecified atom stereocenters. The van der Waals surface area contributed by atoms with E-state index in [1.54, 1.807) is 23.5 Å². The van der Waals surface area contributed by atoms with Gasteiger partial charge in [-0.25, -0.2) is 9.37 Å². The number of halogens is 1. The van der Waals surface area contributed by atoms with Crippen LogP contribution in [0.4, 0.5) is 4.39 Å². The predicted molar refractivity (Wildman–Crippen MR) is 86.7 cm³/mol. The van der Waals surface area contributed by atoms with Gasteiger partial charge in [0.1, 0.15) is 5.75 Å². The van der Waals surface area contributed by atoms with Crippen molar-refractivity contribution in [1.82, 2.24) is 4.98 Å². The second-order valence-electron chi connectivity index (χ2n) is 5.52. The molecule has 0 saturated carbocycles. The lowest BCUT2D eigenvalue weighted by atomic mass is 10.0. The van der Waals surface area contributed by atoms with Crippen LogP contribution < -0.4 is 4.74 Å². The molecule has 0 N–H and O–H groups in total. The lowest BCUT2D eigenvalue weighted by Gasteiger charge is -2.08. The van der Waals surface area contributed by atoms with Crippen molar-refractivity contribution >= 4 is 11.3 Å². The van der Waals surface area contributed by atoms with Gasteiger partial charge in [-0.1, -0.05) is 20.8 Å². The van der Waals surface area contributed by atoms with Crippen molar-refractivity contribution in [2.24, 2.45) is 5.92 Å². The number of nitrogens with zero attached hydrogens (tertiary/aromatic N) is 1. The van der Waals surface area contributed by atoms with Gasteiger partial charge in [-0.15, -0.1) is 11.3 Å². The first-order valence-corrected chi connectivity index (χ1v) is 8.21. The molecule has 1 aromatic carbocycles. The molecule has 4 heteroatoms. The zero-order valence-corrected chi connectivity index (χ0v) is 13.8. The van der Waals surface area contributed by atoms with Gasteiger partial charge in [0.15, 0.2) is 0 Å². The highest BCUT2D eigenvalue weighted by Gasteiger charge is 2.14. The molecule has 0 spiro atoms. The van der Waals surface area contributed by atoms with Crippen LogP contribution in [0.25, 0.3) is 11.3 Å². The number of thiazole rings is 1. The lowest BCUT2D eigenvalue weighted by molar-refractivity contribution is 0.0861. The van der Waals surface area contributed by atoms with Crippen LogP contribution in [0, 0.1) is 5.92 Å². The maximum absolute atomic E-state index is 12.8. The molecule has 0 fully saturated rings. The van der Waals surface area contributed by atoms with Crippen LogP contribution in [0.5, 0.6) is 5.75 Å². The summed E-state index contributed by atoms with van der Waals surface area (Å²) in [5.74, 6) is 1.15. The normalized spacial score (nSPS) is 12.7. The number of benzene rings is 1. The molecule has 0 aliphatic rings. The average Bonchev–Trinajstić information content (AvgIpc) is 2.81. The largest absolute Gasteiger partial charge is 0.461 e. The third kappa shape index (κ3) is 4.27. The van der Waals surface area contributed by atoms with E-state index in [1.165, 1.54) is 16.8 Å². The van der Waals surface area contributed by atoms with Crippen LogP contribution in [-0.4, -0.2) is 11.3 Å². The van der Waals surface area contributed by atoms with Crippen LogP contribution in [-0.2, 0) is 12.8 Å². The Morgan fingerprint density at radius 2 is 1.86 bits per heavy atom. The van der Waals surface area contributed by atoms with Gasteiger partial charge in [0.2, 0.25) is 6.36 Å². The molecule has 0 bridgehead atoms. The fraction of sp³-hybridized carbons (Fsp3) is 0.471. The van der Waals surface area contributed by atoms with Gasteiger partial charge < -0.3 is 4.74 Å². The fourth-order valence-electron chi connectivity index (χ4n) is 2.17. The monoisotopic (exact) mass is 307 g/mol. The Hall–Kier alpha value is -1.42. The summed E-state index contributed by atoms with van der Waals surface area (Å²) in [6, 6.07) is 7.51. The third-order valence-corrected chi connectivity index (χ3v) is 4.29. The quantitative estimate of drug-likeness (QED) is 0.725. The van der Waals surface area contributed by atoms with Gasteiger partial charge in [-0.2, -0.15) is 0 Å². The van der Waals surface area contributed by atoms with Crippen molar-refractivity contribution in [3.05, 3.63) is 34.2 Å². The third-order valence-electron chi connectivity index (χ3n) is 3.06. The molecule has 1 atom stereocenters. The summed E-state index contributed by atoms with van der Waals surface area (Å²) in [5.41, 5.74) is 2.13. The molecular weight excluding hydrogens is 285 g/mol. The molecule has 2 nitrogen and oxygen atoms in total. The zero-order chi connectivity index (χ0) is 15.4. The molecule has 2 rings (SSSR count). The van der Waals surface area contributed by atoms with E-state index in [2.05, 4.69) is 20.8 Å². The first-order chi connectivity index (χ1) is 9.99. The zero-order valence-electron chi connectivity index (χ0n) is 13.0. The van der Waals surface area contributed by atoms with Crippen molar-refractivity contribution in [2.45, 2.75) is 46.9 Å². The topological polar surface area (TPSA) is 22.1 Å². The summed E-state index contributed by atoms with van der Waals surface area (Å²) in [4.78, 5) is 6.07. The van der Waals surface area contributed by atoms with E-state index >= 15 is 0 Å². The van der Waals surface area contributed by atoms with Gasteiger partial charge in [-0.05, 0) is 43.0 Å². The maximum atomic E-state index is 12.8. The van der Waals surface area contributed by atoms with Gasteiger partial charge in [0.05, 0.1) is 10.7 Å². The van der Waals surface area contributed by atoms with Crippen molar-refractivity contribution in [3.63, 3.8) is 0 Å². The van der Waals surface area contributed by atoms with Crippen molar-refractivity contribution in [1.29, 1.82) is 0 Å². The summed E-state index contributed by atoms with van der Waals surface area (Å²) < 4.78 is 17.9. The smallest absolute Gasteiger partial charge is 0.235 e. The van der Waals surface area contributed by atoms with E-state index in [9.17, 15) is 4.39 Å². The van der Waals surface area contributed by atoms with Gasteiger partial charge in [-0.3, -0.25) is 0 Å². The molecule has 114 valence electrons. The Labute approximate surface area is 130 Å². The first-order valence-electron chi connectivity index (χ1n) is 7.39. The molecule has 0 amide bonds. The Morgan fingerprint density at radius 3 is 2.38 bits per heavy atom. The summed E-state index contributed by atoms with van der Waals surface area (Å²) >= 11 is 1.80. The number of aromatic nitrogens is 1. The van der Waals surface area contributed by atoms with E-state index < -0.39 is 6.36 Å². The molecule has 21 heavy (non-hydrogen) atoms. The first kappa shape index (κ1) is 16.0. The fourth-order valence-corrected chi connectivity index (χ4v) is 3.41. The van der Waals surface area contributed by atoms with Crippen molar-refractivity contribution < 1.29 is 9.13 Å². The average molecular weight is 307 g/mol. The molecule has 0 aliphatic carbocycles. The van der Waals surface area contributed by atoms with E-state index in [-0.39, 0.29) is 0 Å². The van der Waals surface area contributed by atoms with Crippen molar-refractivity contribution in [3.8, 4) is 17.0 Å². The standard InChI is InChI=1S/C17H22FNOS/c1-5-16-19-17(15(21-16)10-11(2)3)13-6-8-14(9-7-13)20-12(4)18/h6-9,11-12H,5,10H2,1-4H3. The van der Waals surface area contributed by atoms with Crippen molar-refractivity contribution in [2.75, 3.05) is 0 Å². The minimum atomic E-state index is -1.29. The number of rotatable bonds is 6. The molecule has 0 radical (unpaired) electrons. The Bertz CT molecular complexity index is 575. The van der Waals surface area contributed by atoms with Crippen LogP contribution in [0.2, 0.25) is 0 Å². The predicted octanol–water partition coefficient (Wildman–Crippen LogP) is 5.27.